The van der Waals surface area contributed by atoms with Crippen molar-refractivity contribution in [3.05, 3.63) is 29.0 Å². The number of carbonyl (C=O) groups is 1. The number of carboxylic acids is 1. The maximum atomic E-state index is 13.0. The summed E-state index contributed by atoms with van der Waals surface area (Å²) in [6, 6.07) is 2.97. The molecule has 1 aliphatic carbocycles. The minimum Gasteiger partial charge on any atom is -0.481 e. The zero-order chi connectivity index (χ0) is 14.3. The number of aliphatic carboxylic acids is 1. The first-order valence-corrected chi connectivity index (χ1v) is 7.31. The molecule has 2 N–H and O–H groups in total. The summed E-state index contributed by atoms with van der Waals surface area (Å²) in [4.78, 5) is 10.5. The van der Waals surface area contributed by atoms with Crippen molar-refractivity contribution in [3.8, 4) is 0 Å². The van der Waals surface area contributed by atoms with Gasteiger partial charge in [-0.25, -0.2) is 17.5 Å². The fourth-order valence-electron chi connectivity index (χ4n) is 1.61. The number of carboxylic acid groups (broad SMARTS) is 1. The Morgan fingerprint density at radius 2 is 2.11 bits per heavy atom. The molecule has 19 heavy (non-hydrogen) atoms. The maximum Gasteiger partial charge on any atom is 0.310 e. The molecule has 0 saturated heterocycles. The Labute approximate surface area is 114 Å². The van der Waals surface area contributed by atoms with Crippen molar-refractivity contribution in [3.63, 3.8) is 0 Å². The highest BCUT2D eigenvalue weighted by atomic mass is 35.5. The van der Waals surface area contributed by atoms with Crippen molar-refractivity contribution in [2.24, 2.45) is 5.41 Å². The van der Waals surface area contributed by atoms with E-state index in [0.717, 1.165) is 18.2 Å². The molecular weight excluding hydrogens is 297 g/mol. The van der Waals surface area contributed by atoms with Crippen molar-refractivity contribution >= 4 is 27.6 Å². The van der Waals surface area contributed by atoms with Gasteiger partial charge in [-0.2, -0.15) is 0 Å². The molecule has 0 heterocycles. The van der Waals surface area contributed by atoms with Gasteiger partial charge in [-0.3, -0.25) is 4.79 Å². The summed E-state index contributed by atoms with van der Waals surface area (Å²) in [7, 11) is -4.03. The van der Waals surface area contributed by atoms with Gasteiger partial charge in [0.1, 0.15) is 10.7 Å². The molecule has 0 radical (unpaired) electrons. The summed E-state index contributed by atoms with van der Waals surface area (Å²) < 4.78 is 39.1. The molecule has 5 nitrogen and oxygen atoms in total. The first-order valence-electron chi connectivity index (χ1n) is 5.45. The predicted molar refractivity (Wildman–Crippen MR) is 65.9 cm³/mol. The van der Waals surface area contributed by atoms with Crippen LogP contribution in [0.2, 0.25) is 5.02 Å². The molecule has 0 bridgehead atoms. The second-order valence-electron chi connectivity index (χ2n) is 4.48. The third-order valence-electron chi connectivity index (χ3n) is 3.09. The van der Waals surface area contributed by atoms with Crippen molar-refractivity contribution in [2.75, 3.05) is 6.54 Å². The molecule has 104 valence electrons. The minimum atomic E-state index is -4.03. The van der Waals surface area contributed by atoms with Crippen molar-refractivity contribution in [1.82, 2.24) is 4.72 Å². The summed E-state index contributed by atoms with van der Waals surface area (Å²) in [6.45, 7) is -0.225. The summed E-state index contributed by atoms with van der Waals surface area (Å²) >= 11 is 5.71. The van der Waals surface area contributed by atoms with Gasteiger partial charge >= 0.3 is 5.97 Å². The van der Waals surface area contributed by atoms with E-state index >= 15 is 0 Å². The highest BCUT2D eigenvalue weighted by Gasteiger charge is 2.50. The smallest absolute Gasteiger partial charge is 0.310 e. The summed E-state index contributed by atoms with van der Waals surface area (Å²) in [5.74, 6) is -1.77. The van der Waals surface area contributed by atoms with Gasteiger partial charge in [0.25, 0.3) is 0 Å². The lowest BCUT2D eigenvalue weighted by Gasteiger charge is -2.12. The van der Waals surface area contributed by atoms with E-state index in [1.165, 1.54) is 0 Å². The van der Waals surface area contributed by atoms with E-state index < -0.39 is 32.1 Å². The summed E-state index contributed by atoms with van der Waals surface area (Å²) in [6.07, 6.45) is 0.837. The quantitative estimate of drug-likeness (QED) is 0.866. The van der Waals surface area contributed by atoms with Crippen LogP contribution in [0.15, 0.2) is 23.1 Å². The van der Waals surface area contributed by atoms with Crippen LogP contribution in [0.4, 0.5) is 4.39 Å². The van der Waals surface area contributed by atoms with Crippen LogP contribution in [0.3, 0.4) is 0 Å². The fourth-order valence-corrected chi connectivity index (χ4v) is 3.25. The molecule has 8 heteroatoms. The minimum absolute atomic E-state index is 0.117. The van der Waals surface area contributed by atoms with Crippen LogP contribution in [0.1, 0.15) is 12.8 Å². The number of rotatable bonds is 5. The molecule has 1 aliphatic rings. The maximum absolute atomic E-state index is 13.0. The SMILES string of the molecule is O=C(O)C1(CNS(=O)(=O)c2cc(F)ccc2Cl)CC1. The molecule has 1 aromatic carbocycles. The van der Waals surface area contributed by atoms with Crippen LogP contribution in [-0.4, -0.2) is 26.0 Å². The first-order chi connectivity index (χ1) is 8.77. The third kappa shape index (κ3) is 2.88. The van der Waals surface area contributed by atoms with E-state index in [9.17, 15) is 17.6 Å². The lowest BCUT2D eigenvalue weighted by molar-refractivity contribution is -0.143. The van der Waals surface area contributed by atoms with Crippen LogP contribution in [0.25, 0.3) is 0 Å². The Balaban J connectivity index is 2.19. The molecule has 1 saturated carbocycles. The van der Waals surface area contributed by atoms with E-state index in [1.807, 2.05) is 0 Å². The number of halogens is 2. The van der Waals surface area contributed by atoms with E-state index in [0.29, 0.717) is 12.8 Å². The number of hydrogen-bond donors (Lipinski definition) is 2. The topological polar surface area (TPSA) is 83.5 Å². The van der Waals surface area contributed by atoms with Gasteiger partial charge in [-0.15, -0.1) is 0 Å². The standard InChI is InChI=1S/C11H11ClFNO4S/c12-8-2-1-7(13)5-9(8)19(17,18)14-6-11(3-4-11)10(15)16/h1-2,5,14H,3-4,6H2,(H,15,16). The molecule has 0 spiro atoms. The zero-order valence-electron chi connectivity index (χ0n) is 9.69. The van der Waals surface area contributed by atoms with Crippen LogP contribution >= 0.6 is 11.6 Å². The average molecular weight is 308 g/mol. The van der Waals surface area contributed by atoms with Gasteiger partial charge in [0.15, 0.2) is 0 Å². The van der Waals surface area contributed by atoms with Crippen LogP contribution < -0.4 is 4.72 Å². The van der Waals surface area contributed by atoms with Crippen LogP contribution in [0, 0.1) is 11.2 Å². The zero-order valence-corrected chi connectivity index (χ0v) is 11.3. The molecule has 0 unspecified atom stereocenters. The van der Waals surface area contributed by atoms with Gasteiger partial charge in [-0.1, -0.05) is 11.6 Å². The van der Waals surface area contributed by atoms with Gasteiger partial charge in [0.05, 0.1) is 10.4 Å². The van der Waals surface area contributed by atoms with Gasteiger partial charge in [0.2, 0.25) is 10.0 Å². The molecule has 0 atom stereocenters. The number of sulfonamides is 1. The van der Waals surface area contributed by atoms with Crippen LogP contribution in [0.5, 0.6) is 0 Å². The summed E-state index contributed by atoms with van der Waals surface area (Å²) in [5, 5.41) is 8.83. The van der Waals surface area contributed by atoms with E-state index in [-0.39, 0.29) is 11.6 Å². The number of benzene rings is 1. The molecule has 2 rings (SSSR count). The second kappa shape index (κ2) is 4.73. The Morgan fingerprint density at radius 3 is 2.63 bits per heavy atom. The normalized spacial score (nSPS) is 17.2. The monoisotopic (exact) mass is 307 g/mol. The molecule has 0 aromatic heterocycles. The Bertz CT molecular complexity index is 628. The largest absolute Gasteiger partial charge is 0.481 e. The van der Waals surface area contributed by atoms with Gasteiger partial charge in [0, 0.05) is 6.54 Å². The lowest BCUT2D eigenvalue weighted by atomic mass is 10.1. The average Bonchev–Trinajstić information content (AvgIpc) is 3.11. The van der Waals surface area contributed by atoms with Crippen LogP contribution in [-0.2, 0) is 14.8 Å². The molecule has 0 amide bonds. The van der Waals surface area contributed by atoms with Crippen molar-refractivity contribution < 1.29 is 22.7 Å². The Kier molecular flexibility index (Phi) is 3.55. The molecule has 1 fully saturated rings. The van der Waals surface area contributed by atoms with E-state index in [1.54, 1.807) is 0 Å². The third-order valence-corrected chi connectivity index (χ3v) is 4.97. The highest BCUT2D eigenvalue weighted by Crippen LogP contribution is 2.45. The number of hydrogen-bond acceptors (Lipinski definition) is 3. The Hall–Kier alpha value is -1.18. The van der Waals surface area contributed by atoms with Gasteiger partial charge in [-0.05, 0) is 31.0 Å². The fraction of sp³-hybridized carbons (Fsp3) is 0.364. The predicted octanol–water partition coefficient (Wildman–Crippen LogP) is 1.62. The molecule has 0 aliphatic heterocycles. The van der Waals surface area contributed by atoms with E-state index in [4.69, 9.17) is 16.7 Å². The second-order valence-corrected chi connectivity index (χ2v) is 6.63. The first kappa shape index (κ1) is 14.2. The van der Waals surface area contributed by atoms with Crippen molar-refractivity contribution in [2.45, 2.75) is 17.7 Å². The van der Waals surface area contributed by atoms with Gasteiger partial charge < -0.3 is 5.11 Å². The highest BCUT2D eigenvalue weighted by molar-refractivity contribution is 7.89. The summed E-state index contributed by atoms with van der Waals surface area (Å²) in [5.41, 5.74) is -1.03. The van der Waals surface area contributed by atoms with E-state index in [2.05, 4.69) is 4.72 Å². The number of nitrogens with one attached hydrogen (secondary N) is 1. The molecular formula is C11H11ClFNO4S. The lowest BCUT2D eigenvalue weighted by Crippen LogP contribution is -2.34. The van der Waals surface area contributed by atoms with Crippen molar-refractivity contribution in [1.29, 1.82) is 0 Å². The Morgan fingerprint density at radius 1 is 1.47 bits per heavy atom. The molecule has 1 aromatic rings.